The van der Waals surface area contributed by atoms with E-state index in [0.29, 0.717) is 31.1 Å². The molecule has 9 heteroatoms. The molecule has 3 aromatic rings. The lowest BCUT2D eigenvalue weighted by molar-refractivity contribution is 0.0755. The average molecular weight is 487 g/mol. The van der Waals surface area contributed by atoms with E-state index in [4.69, 9.17) is 9.47 Å². The van der Waals surface area contributed by atoms with E-state index in [2.05, 4.69) is 33.1 Å². The molecule has 4 rings (SSSR count). The van der Waals surface area contributed by atoms with Crippen molar-refractivity contribution >= 4 is 36.4 Å². The zero-order valence-electron chi connectivity index (χ0n) is 18.8. The molecular formula is C24H30N4O3S2. The van der Waals surface area contributed by atoms with Crippen LogP contribution in [0.5, 0.6) is 11.6 Å². The summed E-state index contributed by atoms with van der Waals surface area (Å²) < 4.78 is 11.4. The summed E-state index contributed by atoms with van der Waals surface area (Å²) in [5, 5.41) is 8.57. The molecule has 0 radical (unpaired) electrons. The molecule has 33 heavy (non-hydrogen) atoms. The van der Waals surface area contributed by atoms with Gasteiger partial charge < -0.3 is 25.0 Å². The van der Waals surface area contributed by atoms with Gasteiger partial charge >= 0.3 is 0 Å². The molecule has 1 amide bonds. The summed E-state index contributed by atoms with van der Waals surface area (Å²) in [5.74, 6) is 1.28. The maximum absolute atomic E-state index is 13.1. The molecule has 0 spiro atoms. The Morgan fingerprint density at radius 3 is 2.79 bits per heavy atom. The molecular weight excluding hydrogens is 456 g/mol. The first-order valence-corrected chi connectivity index (χ1v) is 11.6. The number of nitrogens with zero attached hydrogens (tertiary/aromatic N) is 2. The van der Waals surface area contributed by atoms with Crippen molar-refractivity contribution in [3.63, 3.8) is 0 Å². The van der Waals surface area contributed by atoms with Gasteiger partial charge in [0.25, 0.3) is 5.91 Å². The number of rotatable bonds is 9. The first kappa shape index (κ1) is 24.9. The van der Waals surface area contributed by atoms with Crippen LogP contribution < -0.4 is 20.1 Å². The minimum Gasteiger partial charge on any atom is -0.485 e. The number of aromatic nitrogens is 1. The van der Waals surface area contributed by atoms with E-state index in [9.17, 15) is 4.79 Å². The summed E-state index contributed by atoms with van der Waals surface area (Å²) in [4.78, 5) is 20.3. The molecule has 1 aromatic carbocycles. The van der Waals surface area contributed by atoms with E-state index in [1.807, 2.05) is 36.2 Å². The molecule has 1 aliphatic rings. The van der Waals surface area contributed by atoms with Gasteiger partial charge in [-0.05, 0) is 42.7 Å². The molecule has 176 valence electrons. The maximum atomic E-state index is 13.1. The summed E-state index contributed by atoms with van der Waals surface area (Å²) in [5.41, 5.74) is 2.37. The number of benzene rings is 1. The monoisotopic (exact) mass is 486 g/mol. The lowest BCUT2D eigenvalue weighted by Crippen LogP contribution is -2.32. The van der Waals surface area contributed by atoms with E-state index in [-0.39, 0.29) is 25.5 Å². The van der Waals surface area contributed by atoms with Crippen molar-refractivity contribution in [1.82, 2.24) is 15.2 Å². The standard InChI is InChI=1S/C24H28N4O3S.H2S/c1-25-10-9-21(22-4-3-13-32-22)31-18-7-5-17(6-8-18)16-28-12-11-26-20-14-23(30-2)27-15-19(20)24(28)29;/h3-8,13-15,21,25-26H,9-12,16H2,1-2H3;1H2/t21-;/m0./s1. The Bertz CT molecular complexity index is 1030. The van der Waals surface area contributed by atoms with E-state index in [1.54, 1.807) is 30.7 Å². The Morgan fingerprint density at radius 2 is 2.09 bits per heavy atom. The van der Waals surface area contributed by atoms with Crippen LogP contribution in [0.1, 0.15) is 33.3 Å². The lowest BCUT2D eigenvalue weighted by Gasteiger charge is -2.21. The number of hydrogen-bond acceptors (Lipinski definition) is 7. The summed E-state index contributed by atoms with van der Waals surface area (Å²) in [7, 11) is 3.52. The Labute approximate surface area is 205 Å². The maximum Gasteiger partial charge on any atom is 0.257 e. The highest BCUT2D eigenvalue weighted by Crippen LogP contribution is 2.29. The zero-order chi connectivity index (χ0) is 22.3. The Morgan fingerprint density at radius 1 is 1.27 bits per heavy atom. The van der Waals surface area contributed by atoms with Crippen molar-refractivity contribution in [2.45, 2.75) is 19.1 Å². The molecule has 0 unspecified atom stereocenters. The Kier molecular flexibility index (Phi) is 8.99. The van der Waals surface area contributed by atoms with Crippen LogP contribution in [0.25, 0.3) is 0 Å². The third-order valence-electron chi connectivity index (χ3n) is 5.39. The SMILES string of the molecule is CNCC[C@H](Oc1ccc(CN2CCNc3cc(OC)ncc3C2=O)cc1)c1cccs1.S. The first-order valence-electron chi connectivity index (χ1n) is 10.7. The number of methoxy groups -OCH3 is 1. The van der Waals surface area contributed by atoms with Crippen LogP contribution >= 0.6 is 24.8 Å². The Hall–Kier alpha value is -2.75. The van der Waals surface area contributed by atoms with Gasteiger partial charge in [0.2, 0.25) is 5.88 Å². The molecule has 7 nitrogen and oxygen atoms in total. The molecule has 0 bridgehead atoms. The topological polar surface area (TPSA) is 75.7 Å². The molecule has 0 saturated carbocycles. The van der Waals surface area contributed by atoms with Gasteiger partial charge in [-0.1, -0.05) is 18.2 Å². The van der Waals surface area contributed by atoms with Crippen LogP contribution in [-0.2, 0) is 6.54 Å². The number of ether oxygens (including phenoxy) is 2. The van der Waals surface area contributed by atoms with Crippen LogP contribution in [0.15, 0.2) is 54.0 Å². The highest BCUT2D eigenvalue weighted by atomic mass is 32.1. The van der Waals surface area contributed by atoms with E-state index < -0.39 is 0 Å². The van der Waals surface area contributed by atoms with Gasteiger partial charge in [-0.15, -0.1) is 11.3 Å². The van der Waals surface area contributed by atoms with Crippen LogP contribution in [0.2, 0.25) is 0 Å². The number of amides is 1. The third kappa shape index (κ3) is 6.19. The molecule has 2 aromatic heterocycles. The predicted molar refractivity (Wildman–Crippen MR) is 137 cm³/mol. The van der Waals surface area contributed by atoms with Gasteiger partial charge in [-0.3, -0.25) is 4.79 Å². The number of fused-ring (bicyclic) bond motifs is 1. The molecule has 2 N–H and O–H groups in total. The quantitative estimate of drug-likeness (QED) is 0.475. The Balaban J connectivity index is 0.00000306. The highest BCUT2D eigenvalue weighted by Gasteiger charge is 2.23. The van der Waals surface area contributed by atoms with Crippen LogP contribution in [0.3, 0.4) is 0 Å². The van der Waals surface area contributed by atoms with Crippen molar-refractivity contribution in [3.05, 3.63) is 70.0 Å². The molecule has 0 saturated heterocycles. The lowest BCUT2D eigenvalue weighted by atomic mass is 10.1. The first-order chi connectivity index (χ1) is 15.7. The summed E-state index contributed by atoms with van der Waals surface area (Å²) >= 11 is 1.71. The van der Waals surface area contributed by atoms with Crippen LogP contribution in [-0.4, -0.2) is 49.6 Å². The fourth-order valence-corrected chi connectivity index (χ4v) is 4.47. The van der Waals surface area contributed by atoms with Gasteiger partial charge in [0.1, 0.15) is 11.9 Å². The van der Waals surface area contributed by atoms with Crippen molar-refractivity contribution in [1.29, 1.82) is 0 Å². The second kappa shape index (κ2) is 11.9. The number of carbonyl (C=O) groups is 1. The second-order valence-electron chi connectivity index (χ2n) is 7.58. The molecule has 1 atom stereocenters. The minimum absolute atomic E-state index is 0. The second-order valence-corrected chi connectivity index (χ2v) is 8.56. The number of hydrogen-bond donors (Lipinski definition) is 2. The van der Waals surface area contributed by atoms with E-state index >= 15 is 0 Å². The molecule has 1 aliphatic heterocycles. The molecule has 0 aliphatic carbocycles. The highest BCUT2D eigenvalue weighted by molar-refractivity contribution is 7.59. The van der Waals surface area contributed by atoms with Crippen molar-refractivity contribution in [3.8, 4) is 11.6 Å². The number of nitrogens with one attached hydrogen (secondary N) is 2. The van der Waals surface area contributed by atoms with Crippen LogP contribution in [0, 0.1) is 0 Å². The summed E-state index contributed by atoms with van der Waals surface area (Å²) in [6.45, 7) is 2.69. The molecule has 0 fully saturated rings. The third-order valence-corrected chi connectivity index (χ3v) is 6.36. The number of pyridine rings is 1. The fourth-order valence-electron chi connectivity index (χ4n) is 3.68. The largest absolute Gasteiger partial charge is 0.485 e. The van der Waals surface area contributed by atoms with E-state index in [0.717, 1.165) is 30.0 Å². The molecule has 3 heterocycles. The minimum atomic E-state index is -0.0368. The average Bonchev–Trinajstić information content (AvgIpc) is 3.31. The van der Waals surface area contributed by atoms with Gasteiger partial charge in [-0.25, -0.2) is 4.98 Å². The summed E-state index contributed by atoms with van der Waals surface area (Å²) in [6, 6.07) is 13.9. The van der Waals surface area contributed by atoms with Gasteiger partial charge in [0.15, 0.2) is 0 Å². The van der Waals surface area contributed by atoms with Crippen LogP contribution in [0.4, 0.5) is 5.69 Å². The van der Waals surface area contributed by atoms with Gasteiger partial charge in [-0.2, -0.15) is 13.5 Å². The smallest absolute Gasteiger partial charge is 0.257 e. The van der Waals surface area contributed by atoms with Gasteiger partial charge in [0, 0.05) is 43.2 Å². The normalized spacial score (nSPS) is 13.9. The van der Waals surface area contributed by atoms with Crippen molar-refractivity contribution in [2.75, 3.05) is 39.1 Å². The number of thiophene rings is 1. The zero-order valence-corrected chi connectivity index (χ0v) is 20.7. The number of carbonyl (C=O) groups excluding carboxylic acids is 1. The number of anilines is 1. The summed E-state index contributed by atoms with van der Waals surface area (Å²) in [6.07, 6.45) is 2.49. The van der Waals surface area contributed by atoms with Crippen molar-refractivity contribution in [2.24, 2.45) is 0 Å². The fraction of sp³-hybridized carbons (Fsp3) is 0.333. The van der Waals surface area contributed by atoms with E-state index in [1.165, 1.54) is 4.88 Å². The predicted octanol–water partition coefficient (Wildman–Crippen LogP) is 4.06. The van der Waals surface area contributed by atoms with Crippen molar-refractivity contribution < 1.29 is 14.3 Å². The van der Waals surface area contributed by atoms with Gasteiger partial charge in [0.05, 0.1) is 18.4 Å².